The Labute approximate surface area is 148 Å². The molecular weight excluding hydrogens is 391 g/mol. The van der Waals surface area contributed by atoms with Crippen LogP contribution in [0, 0.1) is 0 Å². The third kappa shape index (κ3) is 4.69. The van der Waals surface area contributed by atoms with Gasteiger partial charge in [-0.2, -0.15) is 0 Å². The van der Waals surface area contributed by atoms with Crippen LogP contribution in [0.4, 0.5) is 0 Å². The van der Waals surface area contributed by atoms with Crippen LogP contribution in [0.2, 0.25) is 0 Å². The lowest BCUT2D eigenvalue weighted by Gasteiger charge is -2.21. The maximum absolute atomic E-state index is 4.29. The van der Waals surface area contributed by atoms with Crippen LogP contribution in [0.25, 0.3) is 5.65 Å². The number of allylic oxidation sites excluding steroid dienone is 1. The minimum Gasteiger partial charge on any atom is -0.349 e. The zero-order valence-corrected chi connectivity index (χ0v) is 15.4. The van der Waals surface area contributed by atoms with Gasteiger partial charge < -0.3 is 10.2 Å². The zero-order valence-electron chi connectivity index (χ0n) is 13.1. The lowest BCUT2D eigenvalue weighted by atomic mass is 10.3. The van der Waals surface area contributed by atoms with Crippen molar-refractivity contribution in [3.8, 4) is 0 Å². The van der Waals surface area contributed by atoms with Gasteiger partial charge in [-0.25, -0.2) is 0 Å². The minimum absolute atomic E-state index is 0. The molecule has 0 bridgehead atoms. The average molecular weight is 414 g/mol. The molecule has 1 N–H and O–H groups in total. The van der Waals surface area contributed by atoms with Gasteiger partial charge in [0.1, 0.15) is 0 Å². The lowest BCUT2D eigenvalue weighted by molar-refractivity contribution is 0.468. The number of hydrogen-bond donors (Lipinski definition) is 1. The third-order valence-electron chi connectivity index (χ3n) is 3.26. The second-order valence-electron chi connectivity index (χ2n) is 4.80. The van der Waals surface area contributed by atoms with E-state index in [4.69, 9.17) is 0 Å². The predicted molar refractivity (Wildman–Crippen MR) is 101 cm³/mol. The SMILES string of the molecule is C=CCCCN(C)C(=NC)NCc1nnc2ccccn12.I. The van der Waals surface area contributed by atoms with Gasteiger partial charge in [-0.05, 0) is 25.0 Å². The average Bonchev–Trinajstić information content (AvgIpc) is 2.92. The van der Waals surface area contributed by atoms with Gasteiger partial charge in [0, 0.05) is 26.8 Å². The summed E-state index contributed by atoms with van der Waals surface area (Å²) < 4.78 is 1.97. The van der Waals surface area contributed by atoms with Crippen LogP contribution >= 0.6 is 24.0 Å². The van der Waals surface area contributed by atoms with Crippen LogP contribution in [-0.2, 0) is 6.54 Å². The van der Waals surface area contributed by atoms with Crippen molar-refractivity contribution in [2.75, 3.05) is 20.6 Å². The predicted octanol–water partition coefficient (Wildman–Crippen LogP) is 2.32. The Morgan fingerprint density at radius 2 is 2.27 bits per heavy atom. The van der Waals surface area contributed by atoms with Gasteiger partial charge in [0.05, 0.1) is 6.54 Å². The van der Waals surface area contributed by atoms with Gasteiger partial charge >= 0.3 is 0 Å². The van der Waals surface area contributed by atoms with Crippen molar-refractivity contribution in [1.29, 1.82) is 0 Å². The largest absolute Gasteiger partial charge is 0.349 e. The standard InChI is InChI=1S/C15H22N6.HI/c1-4-5-7-10-20(3)15(16-2)17-12-14-19-18-13-9-6-8-11-21(13)14;/h4,6,8-9,11H,1,5,7,10,12H2,2-3H3,(H,16,17);1H. The topological polar surface area (TPSA) is 57.8 Å². The van der Waals surface area contributed by atoms with Crippen molar-refractivity contribution >= 4 is 35.6 Å². The summed E-state index contributed by atoms with van der Waals surface area (Å²) >= 11 is 0. The Hall–Kier alpha value is -1.64. The molecule has 2 heterocycles. The summed E-state index contributed by atoms with van der Waals surface area (Å²) in [6.07, 6.45) is 5.97. The number of hydrogen-bond acceptors (Lipinski definition) is 3. The van der Waals surface area contributed by atoms with E-state index in [-0.39, 0.29) is 24.0 Å². The summed E-state index contributed by atoms with van der Waals surface area (Å²) in [6, 6.07) is 5.86. The molecule has 2 aromatic rings. The molecule has 0 aliphatic heterocycles. The van der Waals surface area contributed by atoms with Crippen molar-refractivity contribution in [2.24, 2.45) is 4.99 Å². The van der Waals surface area contributed by atoms with E-state index in [1.165, 1.54) is 0 Å². The highest BCUT2D eigenvalue weighted by Crippen LogP contribution is 2.02. The zero-order chi connectivity index (χ0) is 15.1. The summed E-state index contributed by atoms with van der Waals surface area (Å²) in [5.41, 5.74) is 0.851. The molecule has 0 unspecified atom stereocenters. The first-order valence-electron chi connectivity index (χ1n) is 7.07. The number of pyridine rings is 1. The number of nitrogens with zero attached hydrogens (tertiary/aromatic N) is 5. The van der Waals surface area contributed by atoms with E-state index in [0.29, 0.717) is 6.54 Å². The highest BCUT2D eigenvalue weighted by atomic mass is 127. The van der Waals surface area contributed by atoms with E-state index in [1.54, 1.807) is 7.05 Å². The maximum Gasteiger partial charge on any atom is 0.193 e. The molecule has 7 heteroatoms. The molecule has 120 valence electrons. The third-order valence-corrected chi connectivity index (χ3v) is 3.26. The summed E-state index contributed by atoms with van der Waals surface area (Å²) in [5, 5.41) is 11.7. The highest BCUT2D eigenvalue weighted by Gasteiger charge is 2.08. The second kappa shape index (κ2) is 9.39. The van der Waals surface area contributed by atoms with Crippen molar-refractivity contribution in [2.45, 2.75) is 19.4 Å². The molecule has 0 aliphatic rings. The molecule has 0 spiro atoms. The normalized spacial score (nSPS) is 11.1. The van der Waals surface area contributed by atoms with E-state index in [2.05, 4.69) is 32.0 Å². The van der Waals surface area contributed by atoms with E-state index >= 15 is 0 Å². The fourth-order valence-electron chi connectivity index (χ4n) is 2.13. The van der Waals surface area contributed by atoms with Gasteiger partial charge in [-0.1, -0.05) is 12.1 Å². The first kappa shape index (κ1) is 18.4. The van der Waals surface area contributed by atoms with Crippen LogP contribution in [-0.4, -0.2) is 46.1 Å². The van der Waals surface area contributed by atoms with Crippen LogP contribution in [0.3, 0.4) is 0 Å². The van der Waals surface area contributed by atoms with E-state index in [1.807, 2.05) is 41.9 Å². The molecule has 0 aromatic carbocycles. The molecular formula is C15H23IN6. The number of aliphatic imine (C=N–C) groups is 1. The second-order valence-corrected chi connectivity index (χ2v) is 4.80. The van der Waals surface area contributed by atoms with Crippen molar-refractivity contribution in [3.63, 3.8) is 0 Å². The molecule has 0 saturated carbocycles. The Morgan fingerprint density at radius 3 is 3.00 bits per heavy atom. The molecule has 2 aromatic heterocycles. The molecule has 0 aliphatic carbocycles. The number of unbranched alkanes of at least 4 members (excludes halogenated alkanes) is 1. The monoisotopic (exact) mass is 414 g/mol. The first-order chi connectivity index (χ1) is 10.3. The molecule has 2 rings (SSSR count). The number of rotatable bonds is 6. The Bertz CT molecular complexity index is 621. The minimum atomic E-state index is 0. The molecule has 0 fully saturated rings. The van der Waals surface area contributed by atoms with Gasteiger partial charge in [0.25, 0.3) is 0 Å². The molecule has 0 radical (unpaired) electrons. The number of aromatic nitrogens is 3. The molecule has 6 nitrogen and oxygen atoms in total. The van der Waals surface area contributed by atoms with E-state index < -0.39 is 0 Å². The van der Waals surface area contributed by atoms with Crippen LogP contribution in [0.1, 0.15) is 18.7 Å². The fraction of sp³-hybridized carbons (Fsp3) is 0.400. The van der Waals surface area contributed by atoms with Gasteiger partial charge in [0.2, 0.25) is 0 Å². The van der Waals surface area contributed by atoms with Gasteiger partial charge in [-0.3, -0.25) is 9.39 Å². The maximum atomic E-state index is 4.29. The Balaban J connectivity index is 0.00000242. The Morgan fingerprint density at radius 1 is 1.45 bits per heavy atom. The van der Waals surface area contributed by atoms with Crippen LogP contribution in [0.15, 0.2) is 42.0 Å². The van der Waals surface area contributed by atoms with Crippen LogP contribution in [0.5, 0.6) is 0 Å². The van der Waals surface area contributed by atoms with E-state index in [0.717, 1.165) is 36.8 Å². The summed E-state index contributed by atoms with van der Waals surface area (Å²) in [7, 11) is 3.81. The smallest absolute Gasteiger partial charge is 0.193 e. The molecule has 22 heavy (non-hydrogen) atoms. The lowest BCUT2D eigenvalue weighted by Crippen LogP contribution is -2.39. The number of fused-ring (bicyclic) bond motifs is 1. The van der Waals surface area contributed by atoms with Gasteiger partial charge in [0.15, 0.2) is 17.4 Å². The van der Waals surface area contributed by atoms with Crippen molar-refractivity contribution < 1.29 is 0 Å². The van der Waals surface area contributed by atoms with Crippen molar-refractivity contribution in [3.05, 3.63) is 42.9 Å². The summed E-state index contributed by atoms with van der Waals surface area (Å²) in [6.45, 7) is 5.26. The fourth-order valence-corrected chi connectivity index (χ4v) is 2.13. The van der Waals surface area contributed by atoms with Crippen molar-refractivity contribution in [1.82, 2.24) is 24.8 Å². The quantitative estimate of drug-likeness (QED) is 0.259. The molecule has 0 amide bonds. The Kier molecular flexibility index (Phi) is 7.86. The van der Waals surface area contributed by atoms with Gasteiger partial charge in [-0.15, -0.1) is 40.8 Å². The number of nitrogens with one attached hydrogen (secondary N) is 1. The summed E-state index contributed by atoms with van der Waals surface area (Å²) in [4.78, 5) is 6.40. The first-order valence-corrected chi connectivity index (χ1v) is 7.07. The van der Waals surface area contributed by atoms with E-state index in [9.17, 15) is 0 Å². The molecule has 0 saturated heterocycles. The number of halogens is 1. The summed E-state index contributed by atoms with van der Waals surface area (Å²) in [5.74, 6) is 1.72. The highest BCUT2D eigenvalue weighted by molar-refractivity contribution is 14.0. The van der Waals surface area contributed by atoms with Crippen LogP contribution < -0.4 is 5.32 Å². The number of guanidine groups is 1. The molecule has 0 atom stereocenters.